The van der Waals surface area contributed by atoms with Crippen molar-refractivity contribution in [1.82, 2.24) is 0 Å². The number of carboxylic acids is 1. The third-order valence-corrected chi connectivity index (χ3v) is 1.78. The van der Waals surface area contributed by atoms with E-state index in [0.717, 1.165) is 0 Å². The summed E-state index contributed by atoms with van der Waals surface area (Å²) in [5, 5.41) is 8.61. The van der Waals surface area contributed by atoms with Crippen LogP contribution in [0.25, 0.3) is 0 Å². The second kappa shape index (κ2) is 3.88. The Balaban J connectivity index is 2.79. The first kappa shape index (κ1) is 11.5. The third kappa shape index (κ3) is 3.23. The quantitative estimate of drug-likeness (QED) is 0.778. The molecule has 4 heteroatoms. The van der Waals surface area contributed by atoms with Crippen molar-refractivity contribution in [1.29, 1.82) is 0 Å². The van der Waals surface area contributed by atoms with Crippen molar-refractivity contribution in [3.8, 4) is 0 Å². The second-order valence-electron chi connectivity index (χ2n) is 4.63. The van der Waals surface area contributed by atoms with Crippen LogP contribution in [0.3, 0.4) is 0 Å². The van der Waals surface area contributed by atoms with E-state index in [4.69, 9.17) is 9.52 Å². The fourth-order valence-corrected chi connectivity index (χ4v) is 1.17. The van der Waals surface area contributed by atoms with Gasteiger partial charge in [-0.2, -0.15) is 0 Å². The molecule has 0 radical (unpaired) electrons. The monoisotopic (exact) mass is 210 g/mol. The standard InChI is InChI=1S/C11H14O4/c1-11(2,3)6-7(12)8-4-5-9(15-8)10(13)14/h4-5H,6H2,1-3H3,(H,13,14). The van der Waals surface area contributed by atoms with Crippen LogP contribution in [0.15, 0.2) is 16.5 Å². The topological polar surface area (TPSA) is 67.5 Å². The predicted octanol–water partition coefficient (Wildman–Crippen LogP) is 2.60. The largest absolute Gasteiger partial charge is 0.475 e. The number of rotatable bonds is 3. The molecule has 1 rings (SSSR count). The zero-order valence-electron chi connectivity index (χ0n) is 9.03. The van der Waals surface area contributed by atoms with Gasteiger partial charge >= 0.3 is 5.97 Å². The van der Waals surface area contributed by atoms with Crippen LogP contribution in [0, 0.1) is 5.41 Å². The number of carbonyl (C=O) groups is 2. The van der Waals surface area contributed by atoms with E-state index < -0.39 is 5.97 Å². The molecule has 0 bridgehead atoms. The molecule has 0 saturated heterocycles. The molecule has 0 aromatic carbocycles. The van der Waals surface area contributed by atoms with Gasteiger partial charge in [0, 0.05) is 6.42 Å². The number of Topliss-reactive ketones (excluding diaryl/α,β-unsaturated/α-hetero) is 1. The van der Waals surface area contributed by atoms with E-state index in [1.54, 1.807) is 0 Å². The van der Waals surface area contributed by atoms with E-state index in [2.05, 4.69) is 0 Å². The molecular formula is C11H14O4. The van der Waals surface area contributed by atoms with E-state index in [9.17, 15) is 9.59 Å². The first-order valence-electron chi connectivity index (χ1n) is 4.66. The van der Waals surface area contributed by atoms with Crippen LogP contribution in [0.1, 0.15) is 48.3 Å². The number of hydrogen-bond donors (Lipinski definition) is 1. The first-order chi connectivity index (χ1) is 6.79. The Morgan fingerprint density at radius 2 is 1.80 bits per heavy atom. The second-order valence-corrected chi connectivity index (χ2v) is 4.63. The summed E-state index contributed by atoms with van der Waals surface area (Å²) in [4.78, 5) is 22.1. The van der Waals surface area contributed by atoms with Gasteiger partial charge in [-0.05, 0) is 17.5 Å². The molecule has 0 saturated carbocycles. The molecule has 0 aliphatic heterocycles. The maximum absolute atomic E-state index is 11.6. The lowest BCUT2D eigenvalue weighted by Crippen LogP contribution is -2.12. The molecule has 1 N–H and O–H groups in total. The van der Waals surface area contributed by atoms with Crippen LogP contribution in [0.4, 0.5) is 0 Å². The van der Waals surface area contributed by atoms with Gasteiger partial charge in [0.15, 0.2) is 11.5 Å². The van der Waals surface area contributed by atoms with Gasteiger partial charge < -0.3 is 9.52 Å². The van der Waals surface area contributed by atoms with Gasteiger partial charge in [-0.15, -0.1) is 0 Å². The molecule has 0 aliphatic carbocycles. The molecule has 1 heterocycles. The van der Waals surface area contributed by atoms with Gasteiger partial charge in [0.1, 0.15) is 0 Å². The molecule has 82 valence electrons. The molecule has 4 nitrogen and oxygen atoms in total. The molecule has 0 aliphatic rings. The normalized spacial score (nSPS) is 11.4. The number of hydrogen-bond acceptors (Lipinski definition) is 3. The van der Waals surface area contributed by atoms with Crippen LogP contribution >= 0.6 is 0 Å². The summed E-state index contributed by atoms with van der Waals surface area (Å²) in [7, 11) is 0. The van der Waals surface area contributed by atoms with E-state index >= 15 is 0 Å². The molecule has 1 aromatic heterocycles. The summed E-state index contributed by atoms with van der Waals surface area (Å²) in [6, 6.07) is 2.69. The van der Waals surface area contributed by atoms with Crippen LogP contribution in [0.5, 0.6) is 0 Å². The van der Waals surface area contributed by atoms with Crippen molar-refractivity contribution in [3.05, 3.63) is 23.7 Å². The van der Waals surface area contributed by atoms with Crippen molar-refractivity contribution in [3.63, 3.8) is 0 Å². The minimum Gasteiger partial charge on any atom is -0.475 e. The summed E-state index contributed by atoms with van der Waals surface area (Å²) < 4.78 is 4.90. The van der Waals surface area contributed by atoms with Crippen LogP contribution in [0.2, 0.25) is 0 Å². The summed E-state index contributed by atoms with van der Waals surface area (Å²) in [6.45, 7) is 5.81. The van der Waals surface area contributed by atoms with E-state index in [-0.39, 0.29) is 22.7 Å². The minimum absolute atomic E-state index is 0.113. The highest BCUT2D eigenvalue weighted by atomic mass is 16.4. The summed E-state index contributed by atoms with van der Waals surface area (Å²) in [5.41, 5.74) is -0.132. The van der Waals surface area contributed by atoms with Crippen molar-refractivity contribution < 1.29 is 19.1 Å². The first-order valence-corrected chi connectivity index (χ1v) is 4.66. The lowest BCUT2D eigenvalue weighted by Gasteiger charge is -2.15. The maximum Gasteiger partial charge on any atom is 0.371 e. The smallest absolute Gasteiger partial charge is 0.371 e. The Bertz CT molecular complexity index is 382. The van der Waals surface area contributed by atoms with Gasteiger partial charge in [-0.3, -0.25) is 4.79 Å². The Hall–Kier alpha value is -1.58. The highest BCUT2D eigenvalue weighted by molar-refractivity contribution is 5.95. The SMILES string of the molecule is CC(C)(C)CC(=O)c1ccc(C(=O)O)o1. The van der Waals surface area contributed by atoms with Crippen molar-refractivity contribution in [2.45, 2.75) is 27.2 Å². The molecule has 15 heavy (non-hydrogen) atoms. The Morgan fingerprint density at radius 3 is 2.20 bits per heavy atom. The van der Waals surface area contributed by atoms with Crippen molar-refractivity contribution >= 4 is 11.8 Å². The average Bonchev–Trinajstić information content (AvgIpc) is 2.47. The minimum atomic E-state index is -1.16. The Labute approximate surface area is 87.9 Å². The van der Waals surface area contributed by atoms with Crippen LogP contribution in [-0.2, 0) is 0 Å². The Morgan fingerprint density at radius 1 is 1.27 bits per heavy atom. The molecular weight excluding hydrogens is 196 g/mol. The summed E-state index contributed by atoms with van der Waals surface area (Å²) >= 11 is 0. The van der Waals surface area contributed by atoms with Crippen LogP contribution in [-0.4, -0.2) is 16.9 Å². The van der Waals surface area contributed by atoms with Gasteiger partial charge in [-0.25, -0.2) is 4.79 Å². The molecule has 0 atom stereocenters. The third-order valence-electron chi connectivity index (χ3n) is 1.78. The number of furan rings is 1. The number of carbonyl (C=O) groups excluding carboxylic acids is 1. The predicted molar refractivity (Wildman–Crippen MR) is 54.1 cm³/mol. The van der Waals surface area contributed by atoms with Gasteiger partial charge in [-0.1, -0.05) is 20.8 Å². The van der Waals surface area contributed by atoms with Crippen LogP contribution < -0.4 is 0 Å². The highest BCUT2D eigenvalue weighted by Crippen LogP contribution is 2.22. The molecule has 0 unspecified atom stereocenters. The molecule has 0 fully saturated rings. The fraction of sp³-hybridized carbons (Fsp3) is 0.455. The molecule has 0 spiro atoms. The summed E-state index contributed by atoms with van der Waals surface area (Å²) in [6.07, 6.45) is 0.333. The number of aromatic carboxylic acids is 1. The zero-order chi connectivity index (χ0) is 11.6. The van der Waals surface area contributed by atoms with E-state index in [0.29, 0.717) is 6.42 Å². The molecule has 1 aromatic rings. The summed E-state index contributed by atoms with van der Waals surface area (Å²) in [5.74, 6) is -1.42. The van der Waals surface area contributed by atoms with E-state index in [1.807, 2.05) is 20.8 Å². The number of carboxylic acid groups (broad SMARTS) is 1. The van der Waals surface area contributed by atoms with Gasteiger partial charge in [0.25, 0.3) is 0 Å². The molecule has 0 amide bonds. The average molecular weight is 210 g/mol. The lowest BCUT2D eigenvalue weighted by atomic mass is 9.89. The lowest BCUT2D eigenvalue weighted by molar-refractivity contribution is 0.0659. The Kier molecular flexibility index (Phi) is 2.98. The van der Waals surface area contributed by atoms with Gasteiger partial charge in [0.2, 0.25) is 5.76 Å². The van der Waals surface area contributed by atoms with E-state index in [1.165, 1.54) is 12.1 Å². The van der Waals surface area contributed by atoms with Crippen molar-refractivity contribution in [2.24, 2.45) is 5.41 Å². The highest BCUT2D eigenvalue weighted by Gasteiger charge is 2.20. The fourth-order valence-electron chi connectivity index (χ4n) is 1.17. The number of ketones is 1. The zero-order valence-corrected chi connectivity index (χ0v) is 9.03. The maximum atomic E-state index is 11.6. The van der Waals surface area contributed by atoms with Crippen molar-refractivity contribution in [2.75, 3.05) is 0 Å². The van der Waals surface area contributed by atoms with Gasteiger partial charge in [0.05, 0.1) is 0 Å².